The van der Waals surface area contributed by atoms with Gasteiger partial charge in [0.1, 0.15) is 5.75 Å². The summed E-state index contributed by atoms with van der Waals surface area (Å²) in [5, 5.41) is 10.6. The summed E-state index contributed by atoms with van der Waals surface area (Å²) in [6, 6.07) is 7.24. The summed E-state index contributed by atoms with van der Waals surface area (Å²) in [6.07, 6.45) is 0. The molecule has 0 spiro atoms. The highest BCUT2D eigenvalue weighted by Gasteiger charge is 2.30. The minimum absolute atomic E-state index is 0.102. The molecule has 4 nitrogen and oxygen atoms in total. The van der Waals surface area contributed by atoms with Crippen molar-refractivity contribution in [3.8, 4) is 5.75 Å². The number of benzene rings is 1. The topological polar surface area (TPSA) is 58.7 Å². The zero-order chi connectivity index (χ0) is 13.1. The van der Waals surface area contributed by atoms with E-state index in [4.69, 9.17) is 5.90 Å². The quantitative estimate of drug-likeness (QED) is 0.760. The molecule has 0 aromatic heterocycles. The second-order valence-electron chi connectivity index (χ2n) is 4.96. The molecule has 0 bridgehead atoms. The van der Waals surface area contributed by atoms with Crippen LogP contribution < -0.4 is 10.7 Å². The van der Waals surface area contributed by atoms with Crippen LogP contribution in [0.15, 0.2) is 24.3 Å². The Labute approximate surface area is 103 Å². The standard InChI is InChI=1S/C13H22N2O2/c1-10(9-15(3)4)13(2,16)11-6-5-7-12(8-11)17-14/h5-8,10,16H,9,14H2,1-4H3/t10-,13-/m1/s1. The second-order valence-corrected chi connectivity index (χ2v) is 4.96. The van der Waals surface area contributed by atoms with E-state index >= 15 is 0 Å². The fraction of sp³-hybridized carbons (Fsp3) is 0.538. The molecule has 0 aliphatic rings. The van der Waals surface area contributed by atoms with Crippen LogP contribution in [0.3, 0.4) is 0 Å². The SMILES string of the molecule is C[C@H](CN(C)C)[C@@](C)(O)c1cccc(ON)c1. The van der Waals surface area contributed by atoms with Gasteiger partial charge in [0, 0.05) is 12.5 Å². The number of nitrogens with two attached hydrogens (primary N) is 1. The first kappa shape index (κ1) is 14.0. The number of nitrogens with zero attached hydrogens (tertiary/aromatic N) is 1. The lowest BCUT2D eigenvalue weighted by Crippen LogP contribution is -2.36. The predicted octanol–water partition coefficient (Wildman–Crippen LogP) is 1.34. The van der Waals surface area contributed by atoms with Gasteiger partial charge in [-0.1, -0.05) is 19.1 Å². The first-order valence-corrected chi connectivity index (χ1v) is 5.72. The molecule has 0 aliphatic heterocycles. The molecule has 1 aromatic rings. The highest BCUT2D eigenvalue weighted by molar-refractivity contribution is 5.32. The van der Waals surface area contributed by atoms with E-state index in [1.807, 2.05) is 40.1 Å². The molecule has 0 fully saturated rings. The van der Waals surface area contributed by atoms with Crippen molar-refractivity contribution >= 4 is 0 Å². The Kier molecular flexibility index (Phi) is 4.51. The van der Waals surface area contributed by atoms with Crippen LogP contribution >= 0.6 is 0 Å². The Hall–Kier alpha value is -1.10. The van der Waals surface area contributed by atoms with Gasteiger partial charge in [0.05, 0.1) is 5.60 Å². The highest BCUT2D eigenvalue weighted by atomic mass is 16.6. The van der Waals surface area contributed by atoms with Gasteiger partial charge in [0.2, 0.25) is 0 Å². The van der Waals surface area contributed by atoms with Crippen molar-refractivity contribution in [2.75, 3.05) is 20.6 Å². The lowest BCUT2D eigenvalue weighted by molar-refractivity contribution is -0.00796. The van der Waals surface area contributed by atoms with Gasteiger partial charge in [-0.2, -0.15) is 5.90 Å². The number of hydrogen-bond donors (Lipinski definition) is 2. The Morgan fingerprint density at radius 2 is 2.12 bits per heavy atom. The van der Waals surface area contributed by atoms with E-state index in [0.717, 1.165) is 12.1 Å². The summed E-state index contributed by atoms with van der Waals surface area (Å²) in [5.41, 5.74) is -0.0893. The Morgan fingerprint density at radius 1 is 1.47 bits per heavy atom. The van der Waals surface area contributed by atoms with Crippen molar-refractivity contribution in [3.63, 3.8) is 0 Å². The molecule has 17 heavy (non-hydrogen) atoms. The normalized spacial score (nSPS) is 16.6. The molecular weight excluding hydrogens is 216 g/mol. The first-order valence-electron chi connectivity index (χ1n) is 5.72. The van der Waals surface area contributed by atoms with Gasteiger partial charge < -0.3 is 14.8 Å². The average Bonchev–Trinajstić information content (AvgIpc) is 2.28. The molecule has 0 heterocycles. The average molecular weight is 238 g/mol. The van der Waals surface area contributed by atoms with Crippen molar-refractivity contribution in [1.29, 1.82) is 0 Å². The van der Waals surface area contributed by atoms with Crippen LogP contribution in [-0.2, 0) is 5.60 Å². The van der Waals surface area contributed by atoms with E-state index in [-0.39, 0.29) is 5.92 Å². The molecule has 0 amide bonds. The van der Waals surface area contributed by atoms with Gasteiger partial charge in [0.15, 0.2) is 0 Å². The van der Waals surface area contributed by atoms with Crippen LogP contribution in [0, 0.1) is 5.92 Å². The minimum Gasteiger partial charge on any atom is -0.412 e. The number of hydrogen-bond acceptors (Lipinski definition) is 4. The predicted molar refractivity (Wildman–Crippen MR) is 68.5 cm³/mol. The molecule has 1 aromatic carbocycles. The number of aliphatic hydroxyl groups is 1. The van der Waals surface area contributed by atoms with Gasteiger partial charge in [-0.3, -0.25) is 0 Å². The maximum Gasteiger partial charge on any atom is 0.147 e. The van der Waals surface area contributed by atoms with Crippen LogP contribution in [0.4, 0.5) is 0 Å². The third-order valence-electron chi connectivity index (χ3n) is 3.15. The second kappa shape index (κ2) is 5.49. The van der Waals surface area contributed by atoms with Crippen LogP contribution in [-0.4, -0.2) is 30.6 Å². The number of rotatable bonds is 5. The molecule has 96 valence electrons. The van der Waals surface area contributed by atoms with E-state index in [1.165, 1.54) is 0 Å². The van der Waals surface area contributed by atoms with Gasteiger partial charge in [-0.15, -0.1) is 0 Å². The molecular formula is C13H22N2O2. The van der Waals surface area contributed by atoms with Crippen molar-refractivity contribution < 1.29 is 9.94 Å². The van der Waals surface area contributed by atoms with Gasteiger partial charge in [-0.05, 0) is 38.7 Å². The molecule has 0 saturated carbocycles. The van der Waals surface area contributed by atoms with Crippen LogP contribution in [0.5, 0.6) is 5.75 Å². The van der Waals surface area contributed by atoms with E-state index < -0.39 is 5.60 Å². The van der Waals surface area contributed by atoms with E-state index in [2.05, 4.69) is 9.74 Å². The largest absolute Gasteiger partial charge is 0.412 e. The molecule has 3 N–H and O–H groups in total. The van der Waals surface area contributed by atoms with E-state index in [0.29, 0.717) is 5.75 Å². The zero-order valence-corrected chi connectivity index (χ0v) is 11.0. The Morgan fingerprint density at radius 3 is 2.65 bits per heavy atom. The summed E-state index contributed by atoms with van der Waals surface area (Å²) in [6.45, 7) is 4.65. The maximum absolute atomic E-state index is 10.6. The molecule has 1 rings (SSSR count). The summed E-state index contributed by atoms with van der Waals surface area (Å²) in [4.78, 5) is 6.75. The third kappa shape index (κ3) is 3.43. The Balaban J connectivity index is 2.94. The van der Waals surface area contributed by atoms with Gasteiger partial charge in [-0.25, -0.2) is 0 Å². The first-order chi connectivity index (χ1) is 7.87. The van der Waals surface area contributed by atoms with Crippen molar-refractivity contribution in [3.05, 3.63) is 29.8 Å². The lowest BCUT2D eigenvalue weighted by atomic mass is 9.83. The lowest BCUT2D eigenvalue weighted by Gasteiger charge is -2.32. The summed E-state index contributed by atoms with van der Waals surface area (Å²) < 4.78 is 0. The summed E-state index contributed by atoms with van der Waals surface area (Å²) >= 11 is 0. The molecule has 0 unspecified atom stereocenters. The molecule has 0 aliphatic carbocycles. The van der Waals surface area contributed by atoms with Crippen molar-refractivity contribution in [2.24, 2.45) is 11.8 Å². The molecule has 4 heteroatoms. The maximum atomic E-state index is 10.6. The molecule has 0 radical (unpaired) electrons. The van der Waals surface area contributed by atoms with Crippen molar-refractivity contribution in [1.82, 2.24) is 4.90 Å². The van der Waals surface area contributed by atoms with Gasteiger partial charge in [0.25, 0.3) is 0 Å². The minimum atomic E-state index is -0.904. The highest BCUT2D eigenvalue weighted by Crippen LogP contribution is 2.31. The summed E-state index contributed by atoms with van der Waals surface area (Å²) in [7, 11) is 3.98. The van der Waals surface area contributed by atoms with E-state index in [9.17, 15) is 5.11 Å². The molecule has 0 saturated heterocycles. The monoisotopic (exact) mass is 238 g/mol. The fourth-order valence-corrected chi connectivity index (χ4v) is 1.89. The van der Waals surface area contributed by atoms with Crippen LogP contribution in [0.1, 0.15) is 19.4 Å². The fourth-order valence-electron chi connectivity index (χ4n) is 1.89. The Bertz CT molecular complexity index is 364. The van der Waals surface area contributed by atoms with Crippen molar-refractivity contribution in [2.45, 2.75) is 19.4 Å². The van der Waals surface area contributed by atoms with E-state index in [1.54, 1.807) is 12.1 Å². The summed E-state index contributed by atoms with van der Waals surface area (Å²) in [5.74, 6) is 5.79. The van der Waals surface area contributed by atoms with Crippen LogP contribution in [0.25, 0.3) is 0 Å². The van der Waals surface area contributed by atoms with Crippen LogP contribution in [0.2, 0.25) is 0 Å². The smallest absolute Gasteiger partial charge is 0.147 e. The third-order valence-corrected chi connectivity index (χ3v) is 3.15. The molecule has 2 atom stereocenters. The van der Waals surface area contributed by atoms with Gasteiger partial charge >= 0.3 is 0 Å². The zero-order valence-electron chi connectivity index (χ0n) is 11.0.